The fourth-order valence-electron chi connectivity index (χ4n) is 3.61. The van der Waals surface area contributed by atoms with Crippen LogP contribution in [0.1, 0.15) is 52.9 Å². The Balaban J connectivity index is 2.04. The Morgan fingerprint density at radius 1 is 1.05 bits per heavy atom. The largest absolute Gasteiger partial charge is 0.329 e. The molecule has 2 N–H and O–H groups in total. The molecule has 124 valence electrons. The first-order valence-electron chi connectivity index (χ1n) is 8.24. The van der Waals surface area contributed by atoms with Crippen LogP contribution in [0.2, 0.25) is 0 Å². The molecule has 0 radical (unpaired) electrons. The number of nitrogens with zero attached hydrogens (tertiary/aromatic N) is 2. The van der Waals surface area contributed by atoms with Gasteiger partial charge in [-0.3, -0.25) is 0 Å². The van der Waals surface area contributed by atoms with Crippen LogP contribution in [-0.2, 0) is 10.2 Å². The Morgan fingerprint density at radius 2 is 1.67 bits per heavy atom. The van der Waals surface area contributed by atoms with Gasteiger partial charge >= 0.3 is 0 Å². The van der Waals surface area contributed by atoms with E-state index in [2.05, 4.69) is 20.8 Å². The van der Waals surface area contributed by atoms with E-state index in [1.165, 1.54) is 0 Å². The monoisotopic (exact) mass is 317 g/mol. The van der Waals surface area contributed by atoms with E-state index < -0.39 is 10.2 Å². The topological polar surface area (TPSA) is 66.6 Å². The number of rotatable bonds is 3. The normalized spacial score (nSPS) is 27.9. The summed E-state index contributed by atoms with van der Waals surface area (Å²) < 4.78 is 29.1. The number of hydrogen-bond donors (Lipinski definition) is 1. The molecule has 1 atom stereocenters. The Labute approximate surface area is 130 Å². The number of hydrogen-bond acceptors (Lipinski definition) is 3. The molecule has 2 aliphatic heterocycles. The van der Waals surface area contributed by atoms with Gasteiger partial charge in [0.05, 0.1) is 0 Å². The highest BCUT2D eigenvalue weighted by atomic mass is 32.2. The molecule has 5 nitrogen and oxygen atoms in total. The quantitative estimate of drug-likeness (QED) is 0.863. The van der Waals surface area contributed by atoms with Gasteiger partial charge in [0, 0.05) is 32.2 Å². The summed E-state index contributed by atoms with van der Waals surface area (Å²) in [5, 5.41) is 0. The van der Waals surface area contributed by atoms with Crippen molar-refractivity contribution in [1.29, 1.82) is 0 Å². The molecule has 0 aromatic carbocycles. The van der Waals surface area contributed by atoms with Crippen LogP contribution in [-0.4, -0.2) is 49.2 Å². The molecule has 0 bridgehead atoms. The molecule has 2 aliphatic rings. The predicted octanol–water partition coefficient (Wildman–Crippen LogP) is 1.80. The van der Waals surface area contributed by atoms with Crippen LogP contribution >= 0.6 is 0 Å². The maximum Gasteiger partial charge on any atom is 0.282 e. The van der Waals surface area contributed by atoms with Gasteiger partial charge in [0.1, 0.15) is 0 Å². The maximum absolute atomic E-state index is 12.9. The summed E-state index contributed by atoms with van der Waals surface area (Å²) in [5.41, 5.74) is 6.04. The minimum absolute atomic E-state index is 0.0101. The average molecular weight is 317 g/mol. The Bertz CT molecular complexity index is 436. The fourth-order valence-corrected chi connectivity index (χ4v) is 5.51. The van der Waals surface area contributed by atoms with Gasteiger partial charge in [0.25, 0.3) is 10.2 Å². The van der Waals surface area contributed by atoms with Crippen LogP contribution in [0.3, 0.4) is 0 Å². The third kappa shape index (κ3) is 3.78. The van der Waals surface area contributed by atoms with Crippen molar-refractivity contribution < 1.29 is 8.42 Å². The van der Waals surface area contributed by atoms with E-state index in [9.17, 15) is 8.42 Å². The number of nitrogens with two attached hydrogens (primary N) is 1. The van der Waals surface area contributed by atoms with Crippen molar-refractivity contribution in [3.8, 4) is 0 Å². The molecule has 1 unspecified atom stereocenters. The summed E-state index contributed by atoms with van der Waals surface area (Å²) in [6.07, 6.45) is 4.86. The molecule has 0 aromatic heterocycles. The molecule has 2 saturated heterocycles. The van der Waals surface area contributed by atoms with Crippen LogP contribution in [0.15, 0.2) is 0 Å². The lowest BCUT2D eigenvalue weighted by molar-refractivity contribution is 0.144. The van der Waals surface area contributed by atoms with Crippen molar-refractivity contribution in [2.24, 2.45) is 17.1 Å². The lowest BCUT2D eigenvalue weighted by atomic mass is 9.76. The predicted molar refractivity (Wildman–Crippen MR) is 86.1 cm³/mol. The maximum atomic E-state index is 12.9. The van der Waals surface area contributed by atoms with Gasteiger partial charge in [-0.15, -0.1) is 0 Å². The summed E-state index contributed by atoms with van der Waals surface area (Å²) in [6, 6.07) is -0.0101. The molecular formula is C15H31N3O2S. The zero-order valence-corrected chi connectivity index (χ0v) is 14.5. The third-order valence-corrected chi connectivity index (χ3v) is 7.24. The van der Waals surface area contributed by atoms with Crippen molar-refractivity contribution in [3.05, 3.63) is 0 Å². The molecule has 0 saturated carbocycles. The summed E-state index contributed by atoms with van der Waals surface area (Å²) in [6.45, 7) is 9.10. The Hall–Kier alpha value is -0.170. The molecule has 2 heterocycles. The lowest BCUT2D eigenvalue weighted by Gasteiger charge is -2.42. The number of piperidine rings is 2. The van der Waals surface area contributed by atoms with E-state index in [4.69, 9.17) is 5.73 Å². The highest BCUT2D eigenvalue weighted by Crippen LogP contribution is 2.35. The first kappa shape index (κ1) is 17.2. The minimum atomic E-state index is -3.33. The third-order valence-electron chi connectivity index (χ3n) is 5.15. The molecule has 2 fully saturated rings. The van der Waals surface area contributed by atoms with Gasteiger partial charge in [0.2, 0.25) is 0 Å². The summed E-state index contributed by atoms with van der Waals surface area (Å²) >= 11 is 0. The van der Waals surface area contributed by atoms with Gasteiger partial charge in [-0.25, -0.2) is 0 Å². The van der Waals surface area contributed by atoms with E-state index in [0.717, 1.165) is 32.1 Å². The molecule has 0 aliphatic carbocycles. The zero-order valence-electron chi connectivity index (χ0n) is 13.7. The second kappa shape index (κ2) is 6.52. The first-order valence-corrected chi connectivity index (χ1v) is 9.63. The molecule has 0 spiro atoms. The van der Waals surface area contributed by atoms with Gasteiger partial charge in [-0.2, -0.15) is 17.0 Å². The van der Waals surface area contributed by atoms with Crippen molar-refractivity contribution >= 4 is 10.2 Å². The molecule has 0 aromatic rings. The highest BCUT2D eigenvalue weighted by molar-refractivity contribution is 7.86. The van der Waals surface area contributed by atoms with Crippen molar-refractivity contribution in [3.63, 3.8) is 0 Å². The highest BCUT2D eigenvalue weighted by Gasteiger charge is 2.39. The smallest absolute Gasteiger partial charge is 0.282 e. The van der Waals surface area contributed by atoms with Gasteiger partial charge in [-0.05, 0) is 37.0 Å². The second-order valence-corrected chi connectivity index (χ2v) is 9.42. The molecule has 6 heteroatoms. The van der Waals surface area contributed by atoms with Crippen LogP contribution in [0.4, 0.5) is 0 Å². The molecule has 0 amide bonds. The first-order chi connectivity index (χ1) is 9.76. The SMILES string of the molecule is CC(C)(C)C1CCN(S(=O)(=O)N2CCCCC2CN)CC1. The van der Waals surface area contributed by atoms with Crippen LogP contribution in [0, 0.1) is 11.3 Å². The van der Waals surface area contributed by atoms with E-state index in [1.54, 1.807) is 8.61 Å². The average Bonchev–Trinajstić information content (AvgIpc) is 2.46. The second-order valence-electron chi connectivity index (χ2n) is 7.54. The zero-order chi connectivity index (χ0) is 15.7. The molecule has 2 rings (SSSR count). The Kier molecular flexibility index (Phi) is 5.34. The van der Waals surface area contributed by atoms with Crippen molar-refractivity contribution in [2.45, 2.75) is 58.9 Å². The summed E-state index contributed by atoms with van der Waals surface area (Å²) in [4.78, 5) is 0. The minimum Gasteiger partial charge on any atom is -0.329 e. The van der Waals surface area contributed by atoms with Crippen LogP contribution in [0.5, 0.6) is 0 Å². The van der Waals surface area contributed by atoms with E-state index in [0.29, 0.717) is 32.1 Å². The van der Waals surface area contributed by atoms with Crippen molar-refractivity contribution in [2.75, 3.05) is 26.2 Å². The summed E-state index contributed by atoms with van der Waals surface area (Å²) in [5.74, 6) is 0.607. The van der Waals surface area contributed by atoms with Gasteiger partial charge in [0.15, 0.2) is 0 Å². The van der Waals surface area contributed by atoms with E-state index in [-0.39, 0.29) is 11.5 Å². The fraction of sp³-hybridized carbons (Fsp3) is 1.00. The van der Waals surface area contributed by atoms with Crippen molar-refractivity contribution in [1.82, 2.24) is 8.61 Å². The lowest BCUT2D eigenvalue weighted by Crippen LogP contribution is -2.54. The molecular weight excluding hydrogens is 286 g/mol. The van der Waals surface area contributed by atoms with Crippen LogP contribution < -0.4 is 5.73 Å². The van der Waals surface area contributed by atoms with Crippen LogP contribution in [0.25, 0.3) is 0 Å². The standard InChI is InChI=1S/C15H31N3O2S/c1-15(2,3)13-7-10-17(11-8-13)21(19,20)18-9-5-4-6-14(18)12-16/h13-14H,4-12,16H2,1-3H3. The summed E-state index contributed by atoms with van der Waals surface area (Å²) in [7, 11) is -3.33. The van der Waals surface area contributed by atoms with E-state index in [1.807, 2.05) is 0 Å². The van der Waals surface area contributed by atoms with Gasteiger partial charge in [-0.1, -0.05) is 27.2 Å². The Morgan fingerprint density at radius 3 is 2.19 bits per heavy atom. The van der Waals surface area contributed by atoms with E-state index >= 15 is 0 Å². The molecule has 21 heavy (non-hydrogen) atoms. The van der Waals surface area contributed by atoms with Gasteiger partial charge < -0.3 is 5.73 Å².